The van der Waals surface area contributed by atoms with Gasteiger partial charge in [0.25, 0.3) is 0 Å². The van der Waals surface area contributed by atoms with Crippen molar-refractivity contribution in [3.05, 3.63) is 64.2 Å². The average molecular weight is 238 g/mol. The van der Waals surface area contributed by atoms with Crippen molar-refractivity contribution in [2.45, 2.75) is 20.5 Å². The molecule has 0 saturated carbocycles. The second-order valence-corrected chi connectivity index (χ2v) is 4.78. The lowest BCUT2D eigenvalue weighted by Crippen LogP contribution is -2.03. The van der Waals surface area contributed by atoms with Crippen molar-refractivity contribution in [1.82, 2.24) is 0 Å². The van der Waals surface area contributed by atoms with Crippen LogP contribution in [0.1, 0.15) is 32.6 Å². The van der Waals surface area contributed by atoms with Crippen LogP contribution in [0.5, 0.6) is 5.75 Å². The Kier molecular flexibility index (Phi) is 2.44. The van der Waals surface area contributed by atoms with Crippen molar-refractivity contribution in [2.75, 3.05) is 0 Å². The van der Waals surface area contributed by atoms with Gasteiger partial charge in [-0.2, -0.15) is 0 Å². The van der Waals surface area contributed by atoms with Crippen molar-refractivity contribution in [3.8, 4) is 5.75 Å². The van der Waals surface area contributed by atoms with Crippen LogP contribution in [-0.4, -0.2) is 5.78 Å². The highest BCUT2D eigenvalue weighted by atomic mass is 16.5. The molecule has 2 nitrogen and oxygen atoms in total. The third-order valence-corrected chi connectivity index (χ3v) is 3.27. The predicted octanol–water partition coefficient (Wildman–Crippen LogP) is 3.43. The largest absolute Gasteiger partial charge is 0.488 e. The van der Waals surface area contributed by atoms with Gasteiger partial charge in [0.15, 0.2) is 5.78 Å². The quantitative estimate of drug-likeness (QED) is 0.703. The van der Waals surface area contributed by atoms with Gasteiger partial charge in [-0.1, -0.05) is 29.3 Å². The van der Waals surface area contributed by atoms with Gasteiger partial charge in [0.1, 0.15) is 12.4 Å². The van der Waals surface area contributed by atoms with Crippen molar-refractivity contribution >= 4 is 5.78 Å². The molecule has 0 fully saturated rings. The minimum absolute atomic E-state index is 0.0601. The van der Waals surface area contributed by atoms with Gasteiger partial charge < -0.3 is 4.74 Å². The summed E-state index contributed by atoms with van der Waals surface area (Å²) >= 11 is 0. The number of aryl methyl sites for hydroxylation is 2. The molecular weight excluding hydrogens is 224 g/mol. The zero-order valence-corrected chi connectivity index (χ0v) is 10.5. The van der Waals surface area contributed by atoms with Crippen LogP contribution < -0.4 is 4.74 Å². The highest BCUT2D eigenvalue weighted by Crippen LogP contribution is 2.29. The van der Waals surface area contributed by atoms with Crippen LogP contribution in [0.25, 0.3) is 0 Å². The summed E-state index contributed by atoms with van der Waals surface area (Å²) in [4.78, 5) is 12.6. The summed E-state index contributed by atoms with van der Waals surface area (Å²) in [5.41, 5.74) is 4.55. The Balaban J connectivity index is 2.22. The van der Waals surface area contributed by atoms with E-state index < -0.39 is 0 Å². The molecule has 0 N–H and O–H groups in total. The normalized spacial score (nSPS) is 13.3. The van der Waals surface area contributed by atoms with Crippen LogP contribution in [0.3, 0.4) is 0 Å². The Bertz CT molecular complexity index is 586. The lowest BCUT2D eigenvalue weighted by atomic mass is 9.96. The Hall–Kier alpha value is -2.09. The van der Waals surface area contributed by atoms with E-state index in [2.05, 4.69) is 0 Å². The maximum atomic E-state index is 12.6. The second kappa shape index (κ2) is 3.98. The van der Waals surface area contributed by atoms with Crippen molar-refractivity contribution in [3.63, 3.8) is 0 Å². The van der Waals surface area contributed by atoms with E-state index in [0.29, 0.717) is 17.9 Å². The van der Waals surface area contributed by atoms with Crippen molar-refractivity contribution < 1.29 is 9.53 Å². The first-order valence-electron chi connectivity index (χ1n) is 6.03. The lowest BCUT2D eigenvalue weighted by molar-refractivity contribution is 0.103. The monoisotopic (exact) mass is 238 g/mol. The Morgan fingerprint density at radius 2 is 1.61 bits per heavy atom. The van der Waals surface area contributed by atoms with Gasteiger partial charge in [-0.3, -0.25) is 4.79 Å². The summed E-state index contributed by atoms with van der Waals surface area (Å²) in [5.74, 6) is 0.740. The van der Waals surface area contributed by atoms with E-state index in [9.17, 15) is 4.79 Å². The minimum Gasteiger partial charge on any atom is -0.488 e. The Morgan fingerprint density at radius 1 is 0.944 bits per heavy atom. The summed E-state index contributed by atoms with van der Waals surface area (Å²) < 4.78 is 5.72. The van der Waals surface area contributed by atoms with E-state index in [1.807, 2.05) is 50.2 Å². The van der Waals surface area contributed by atoms with Crippen LogP contribution in [0.2, 0.25) is 0 Å². The van der Waals surface area contributed by atoms with Crippen LogP contribution in [-0.2, 0) is 6.61 Å². The van der Waals surface area contributed by atoms with Gasteiger partial charge >= 0.3 is 0 Å². The molecule has 0 unspecified atom stereocenters. The third-order valence-electron chi connectivity index (χ3n) is 3.27. The van der Waals surface area contributed by atoms with Crippen molar-refractivity contribution in [1.29, 1.82) is 0 Å². The van der Waals surface area contributed by atoms with Crippen LogP contribution in [0.15, 0.2) is 36.4 Å². The van der Waals surface area contributed by atoms with Crippen LogP contribution in [0, 0.1) is 13.8 Å². The topological polar surface area (TPSA) is 26.3 Å². The van der Waals surface area contributed by atoms with Gasteiger partial charge in [0.2, 0.25) is 0 Å². The molecule has 1 aliphatic heterocycles. The van der Waals surface area contributed by atoms with Crippen LogP contribution in [0.4, 0.5) is 0 Å². The second-order valence-electron chi connectivity index (χ2n) is 4.78. The summed E-state index contributed by atoms with van der Waals surface area (Å²) in [6, 6.07) is 11.7. The fraction of sp³-hybridized carbons (Fsp3) is 0.188. The zero-order chi connectivity index (χ0) is 12.7. The van der Waals surface area contributed by atoms with E-state index in [1.54, 1.807) is 0 Å². The highest BCUT2D eigenvalue weighted by molar-refractivity contribution is 6.12. The first-order chi connectivity index (χ1) is 8.65. The van der Waals surface area contributed by atoms with E-state index in [0.717, 1.165) is 22.3 Å². The maximum Gasteiger partial charge on any atom is 0.197 e. The molecule has 0 aromatic heterocycles. The fourth-order valence-corrected chi connectivity index (χ4v) is 2.28. The molecule has 0 bridgehead atoms. The Labute approximate surface area is 106 Å². The standard InChI is InChI=1S/C16H14O2/c1-10-3-5-12-9-18-15-6-4-11(2)8-14(15)16(17)13(12)7-10/h3-8H,9H2,1-2H3. The number of ketones is 1. The third kappa shape index (κ3) is 1.70. The maximum absolute atomic E-state index is 12.6. The van der Waals surface area contributed by atoms with E-state index in [-0.39, 0.29) is 5.78 Å². The summed E-state index contributed by atoms with van der Waals surface area (Å²) in [6.07, 6.45) is 0. The molecule has 1 heterocycles. The molecule has 2 heteroatoms. The first-order valence-corrected chi connectivity index (χ1v) is 6.03. The number of ether oxygens (including phenoxy) is 1. The smallest absolute Gasteiger partial charge is 0.197 e. The number of fused-ring (bicyclic) bond motifs is 2. The summed E-state index contributed by atoms with van der Waals surface area (Å²) in [6.45, 7) is 4.43. The number of rotatable bonds is 0. The van der Waals surface area contributed by atoms with Gasteiger partial charge in [-0.25, -0.2) is 0 Å². The highest BCUT2D eigenvalue weighted by Gasteiger charge is 2.22. The van der Waals surface area contributed by atoms with E-state index in [4.69, 9.17) is 4.74 Å². The molecule has 0 saturated heterocycles. The molecule has 0 radical (unpaired) electrons. The predicted molar refractivity (Wildman–Crippen MR) is 70.1 cm³/mol. The molecule has 18 heavy (non-hydrogen) atoms. The summed E-state index contributed by atoms with van der Waals surface area (Å²) in [7, 11) is 0. The molecule has 0 aliphatic carbocycles. The van der Waals surface area contributed by atoms with E-state index in [1.165, 1.54) is 0 Å². The molecule has 3 rings (SSSR count). The van der Waals surface area contributed by atoms with E-state index >= 15 is 0 Å². The lowest BCUT2D eigenvalue weighted by Gasteiger charge is -2.06. The number of hydrogen-bond donors (Lipinski definition) is 0. The molecule has 0 amide bonds. The molecule has 2 aromatic rings. The molecule has 90 valence electrons. The first kappa shape index (κ1) is 11.0. The Morgan fingerprint density at radius 3 is 2.39 bits per heavy atom. The van der Waals surface area contributed by atoms with Gasteiger partial charge in [0.05, 0.1) is 5.56 Å². The van der Waals surface area contributed by atoms with Crippen LogP contribution >= 0.6 is 0 Å². The molecule has 0 atom stereocenters. The number of hydrogen-bond acceptors (Lipinski definition) is 2. The molecule has 0 spiro atoms. The molecular formula is C16H14O2. The molecule has 1 aliphatic rings. The number of benzene rings is 2. The van der Waals surface area contributed by atoms with Gasteiger partial charge in [0, 0.05) is 11.1 Å². The number of carbonyl (C=O) groups is 1. The van der Waals surface area contributed by atoms with Gasteiger partial charge in [-0.05, 0) is 32.0 Å². The zero-order valence-electron chi connectivity index (χ0n) is 10.5. The minimum atomic E-state index is 0.0601. The average Bonchev–Trinajstić information content (AvgIpc) is 2.49. The number of carbonyl (C=O) groups excluding carboxylic acids is 1. The molecule has 2 aromatic carbocycles. The van der Waals surface area contributed by atoms with Gasteiger partial charge in [-0.15, -0.1) is 0 Å². The fourth-order valence-electron chi connectivity index (χ4n) is 2.28. The van der Waals surface area contributed by atoms with Crippen molar-refractivity contribution in [2.24, 2.45) is 0 Å². The summed E-state index contributed by atoms with van der Waals surface area (Å²) in [5, 5.41) is 0. The SMILES string of the molecule is Cc1ccc2c(c1)C(=O)c1cc(C)ccc1OC2.